The number of anilines is 2. The summed E-state index contributed by atoms with van der Waals surface area (Å²) in [6.45, 7) is 23.6. The molecule has 0 saturated carbocycles. The summed E-state index contributed by atoms with van der Waals surface area (Å²) in [7, 11) is -0.671. The van der Waals surface area contributed by atoms with Gasteiger partial charge >= 0.3 is 14.2 Å². The summed E-state index contributed by atoms with van der Waals surface area (Å²) in [5.74, 6) is -0.0437. The number of carbonyl (C=O) groups excluding carboxylic acids is 2. The van der Waals surface area contributed by atoms with E-state index in [-0.39, 0.29) is 59.6 Å². The number of hydrogen-bond acceptors (Lipinski definition) is 7. The Labute approximate surface area is 264 Å². The van der Waals surface area contributed by atoms with Crippen molar-refractivity contribution in [1.82, 2.24) is 0 Å². The zero-order valence-corrected chi connectivity index (χ0v) is 28.6. The van der Waals surface area contributed by atoms with Gasteiger partial charge in [0.2, 0.25) is 11.1 Å². The molecule has 1 amide bonds. The largest absolute Gasteiger partial charge is 0.494 e. The first-order valence-electron chi connectivity index (χ1n) is 14.8. The molecule has 0 bridgehead atoms. The second-order valence-electron chi connectivity index (χ2n) is 13.6. The molecule has 43 heavy (non-hydrogen) atoms. The average Bonchev–Trinajstić information content (AvgIpc) is 3.24. The standard InChI is InChI=1S/C16H24BNO3.C12H18BNO2.C4H7ClO/c1-11(2)14(19)18-13-9-7-12(8-10-13)17-20-15(3,4)16(5,6)21-17;1-11(2)12(3,4)16-13(15-11)9-5-7-10(14)8-6-9;1-3(2)4(5)6/h7-11H,1-6H3,(H,18,19);5-8H,14H2,1-4H3;3H,1-2H3. The molecule has 4 rings (SSSR count). The minimum Gasteiger partial charge on any atom is -0.399 e. The van der Waals surface area contributed by atoms with E-state index in [0.717, 1.165) is 22.3 Å². The van der Waals surface area contributed by atoms with Gasteiger partial charge < -0.3 is 29.7 Å². The van der Waals surface area contributed by atoms with Crippen LogP contribution in [0, 0.1) is 11.8 Å². The van der Waals surface area contributed by atoms with Gasteiger partial charge in [0.15, 0.2) is 0 Å². The van der Waals surface area contributed by atoms with Crippen LogP contribution in [0.2, 0.25) is 0 Å². The monoisotopic (exact) mass is 614 g/mol. The van der Waals surface area contributed by atoms with Crippen LogP contribution in [0.4, 0.5) is 11.4 Å². The molecule has 3 N–H and O–H groups in total. The van der Waals surface area contributed by atoms with Crippen molar-refractivity contribution in [2.75, 3.05) is 11.1 Å². The summed E-state index contributed by atoms with van der Waals surface area (Å²) in [4.78, 5) is 21.6. The van der Waals surface area contributed by atoms with Crippen LogP contribution in [-0.2, 0) is 28.2 Å². The first-order chi connectivity index (χ1) is 19.6. The van der Waals surface area contributed by atoms with E-state index in [4.69, 9.17) is 36.0 Å². The summed E-state index contributed by atoms with van der Waals surface area (Å²) in [5, 5.41) is 2.60. The number of nitrogens with two attached hydrogens (primary N) is 1. The van der Waals surface area contributed by atoms with Crippen molar-refractivity contribution in [3.63, 3.8) is 0 Å². The summed E-state index contributed by atoms with van der Waals surface area (Å²) in [6, 6.07) is 15.2. The third kappa shape index (κ3) is 9.82. The molecule has 11 heteroatoms. The summed E-state index contributed by atoms with van der Waals surface area (Å²) < 4.78 is 23.9. The highest BCUT2D eigenvalue weighted by molar-refractivity contribution is 6.64. The van der Waals surface area contributed by atoms with E-state index >= 15 is 0 Å². The lowest BCUT2D eigenvalue weighted by Crippen LogP contribution is -2.41. The topological polar surface area (TPSA) is 109 Å². The number of nitrogen functional groups attached to an aromatic ring is 1. The van der Waals surface area contributed by atoms with Crippen molar-refractivity contribution in [2.24, 2.45) is 11.8 Å². The summed E-state index contributed by atoms with van der Waals surface area (Å²) in [5.41, 5.74) is 7.87. The SMILES string of the molecule is CC(C)C(=O)Cl.CC(C)C(=O)Nc1ccc(B2OC(C)(C)C(C)(C)O2)cc1.CC1(C)OB(c2ccc(N)cc2)OC1(C)C. The molecule has 236 valence electrons. The van der Waals surface area contributed by atoms with Gasteiger partial charge in [-0.3, -0.25) is 9.59 Å². The van der Waals surface area contributed by atoms with Gasteiger partial charge in [0.25, 0.3) is 0 Å². The first kappa shape index (κ1) is 36.8. The Morgan fingerprint density at radius 3 is 1.23 bits per heavy atom. The third-order valence-electron chi connectivity index (χ3n) is 8.14. The lowest BCUT2D eigenvalue weighted by Gasteiger charge is -2.32. The Hall–Kier alpha value is -2.36. The van der Waals surface area contributed by atoms with Gasteiger partial charge in [-0.1, -0.05) is 52.0 Å². The number of amides is 1. The van der Waals surface area contributed by atoms with Gasteiger partial charge in [-0.2, -0.15) is 0 Å². The molecule has 0 aliphatic carbocycles. The molecule has 8 nitrogen and oxygen atoms in total. The minimum atomic E-state index is -0.371. The maximum atomic E-state index is 11.7. The number of nitrogens with one attached hydrogen (secondary N) is 1. The molecule has 2 heterocycles. The van der Waals surface area contributed by atoms with Crippen LogP contribution in [0.1, 0.15) is 83.1 Å². The van der Waals surface area contributed by atoms with Crippen molar-refractivity contribution in [3.05, 3.63) is 48.5 Å². The van der Waals surface area contributed by atoms with E-state index in [0.29, 0.717) is 0 Å². The van der Waals surface area contributed by atoms with Crippen LogP contribution in [0.5, 0.6) is 0 Å². The molecule has 2 aliphatic heterocycles. The Balaban J connectivity index is 0.000000259. The van der Waals surface area contributed by atoms with Crippen LogP contribution in [0.25, 0.3) is 0 Å². The minimum absolute atomic E-state index is 0.0124. The number of benzene rings is 2. The van der Waals surface area contributed by atoms with Crippen LogP contribution in [0.15, 0.2) is 48.5 Å². The molecule has 0 spiro atoms. The molecule has 0 atom stereocenters. The smallest absolute Gasteiger partial charge is 0.399 e. The normalized spacial score (nSPS) is 19.3. The zero-order chi connectivity index (χ0) is 33.0. The fourth-order valence-corrected chi connectivity index (χ4v) is 3.62. The number of rotatable bonds is 5. The lowest BCUT2D eigenvalue weighted by atomic mass is 9.79. The molecule has 0 aromatic heterocycles. The highest BCUT2D eigenvalue weighted by Crippen LogP contribution is 2.37. The highest BCUT2D eigenvalue weighted by Gasteiger charge is 2.52. The van der Waals surface area contributed by atoms with Gasteiger partial charge in [-0.15, -0.1) is 0 Å². The van der Waals surface area contributed by atoms with Crippen molar-refractivity contribution in [2.45, 2.75) is 105 Å². The van der Waals surface area contributed by atoms with Crippen LogP contribution in [-0.4, -0.2) is 47.8 Å². The van der Waals surface area contributed by atoms with Crippen molar-refractivity contribution in [1.29, 1.82) is 0 Å². The number of hydrogen-bond donors (Lipinski definition) is 2. The average molecular weight is 615 g/mol. The molecule has 2 aromatic rings. The van der Waals surface area contributed by atoms with E-state index in [1.165, 1.54) is 0 Å². The van der Waals surface area contributed by atoms with Gasteiger partial charge in [0.05, 0.1) is 22.4 Å². The lowest BCUT2D eigenvalue weighted by molar-refractivity contribution is -0.119. The van der Waals surface area contributed by atoms with Crippen LogP contribution >= 0.6 is 11.6 Å². The second-order valence-corrected chi connectivity index (χ2v) is 13.9. The Morgan fingerprint density at radius 2 is 0.953 bits per heavy atom. The second kappa shape index (κ2) is 14.2. The van der Waals surface area contributed by atoms with E-state index in [1.807, 2.05) is 118 Å². The van der Waals surface area contributed by atoms with E-state index < -0.39 is 0 Å². The van der Waals surface area contributed by atoms with Gasteiger partial charge in [-0.05, 0) is 102 Å². The fourth-order valence-electron chi connectivity index (χ4n) is 3.62. The molecule has 2 aliphatic rings. The van der Waals surface area contributed by atoms with E-state index in [2.05, 4.69) is 5.32 Å². The molecule has 2 fully saturated rings. The predicted octanol–water partition coefficient (Wildman–Crippen LogP) is 5.56. The summed E-state index contributed by atoms with van der Waals surface area (Å²) in [6.07, 6.45) is 0. The number of carbonyl (C=O) groups is 2. The van der Waals surface area contributed by atoms with Gasteiger partial charge in [0.1, 0.15) is 0 Å². The van der Waals surface area contributed by atoms with Crippen LogP contribution < -0.4 is 22.0 Å². The van der Waals surface area contributed by atoms with Crippen LogP contribution in [0.3, 0.4) is 0 Å². The van der Waals surface area contributed by atoms with Gasteiger partial charge in [0, 0.05) is 23.2 Å². The summed E-state index contributed by atoms with van der Waals surface area (Å²) >= 11 is 4.97. The molecule has 2 saturated heterocycles. The van der Waals surface area contributed by atoms with Crippen molar-refractivity contribution >= 4 is 59.3 Å². The molecular weight excluding hydrogens is 565 g/mol. The number of halogens is 1. The maximum Gasteiger partial charge on any atom is 0.494 e. The third-order valence-corrected chi connectivity index (χ3v) is 8.58. The molecule has 0 unspecified atom stereocenters. The first-order valence-corrected chi connectivity index (χ1v) is 15.1. The molecule has 0 radical (unpaired) electrons. The van der Waals surface area contributed by atoms with Crippen molar-refractivity contribution in [3.8, 4) is 0 Å². The maximum absolute atomic E-state index is 11.7. The molecule has 2 aromatic carbocycles. The molecular formula is C32H49B2ClN2O6. The van der Waals surface area contributed by atoms with Crippen molar-refractivity contribution < 1.29 is 28.2 Å². The Bertz CT molecular complexity index is 1200. The van der Waals surface area contributed by atoms with Gasteiger partial charge in [-0.25, -0.2) is 0 Å². The fraction of sp³-hybridized carbons (Fsp3) is 0.562. The Kier molecular flexibility index (Phi) is 12.1. The Morgan fingerprint density at radius 1 is 0.651 bits per heavy atom. The highest BCUT2D eigenvalue weighted by atomic mass is 35.5. The predicted molar refractivity (Wildman–Crippen MR) is 178 cm³/mol. The quantitative estimate of drug-likeness (QED) is 0.258. The zero-order valence-electron chi connectivity index (χ0n) is 27.8. The van der Waals surface area contributed by atoms with E-state index in [1.54, 1.807) is 13.8 Å². The van der Waals surface area contributed by atoms with E-state index in [9.17, 15) is 9.59 Å².